The van der Waals surface area contributed by atoms with Crippen LogP contribution < -0.4 is 5.32 Å². The predicted octanol–water partition coefficient (Wildman–Crippen LogP) is 3.64. The van der Waals surface area contributed by atoms with Crippen molar-refractivity contribution in [2.24, 2.45) is 0 Å². The summed E-state index contributed by atoms with van der Waals surface area (Å²) in [7, 11) is 0. The van der Waals surface area contributed by atoms with E-state index in [-0.39, 0.29) is 30.3 Å². The van der Waals surface area contributed by atoms with Crippen molar-refractivity contribution in [1.29, 1.82) is 0 Å². The van der Waals surface area contributed by atoms with Crippen molar-refractivity contribution in [3.63, 3.8) is 0 Å². The van der Waals surface area contributed by atoms with E-state index in [9.17, 15) is 14.0 Å². The molecule has 25 heavy (non-hydrogen) atoms. The van der Waals surface area contributed by atoms with Crippen LogP contribution in [0.4, 0.5) is 4.39 Å². The number of Topliss-reactive ketones (excluding diaryl/α,β-unsaturated/α-hetero) is 1. The van der Waals surface area contributed by atoms with Gasteiger partial charge in [-0.3, -0.25) is 9.59 Å². The lowest BCUT2D eigenvalue weighted by Crippen LogP contribution is -2.26. The Bertz CT molecular complexity index is 785. The second kappa shape index (κ2) is 8.06. The number of hydrogen-bond acceptors (Lipinski definition) is 2. The van der Waals surface area contributed by atoms with Crippen LogP contribution >= 0.6 is 0 Å². The minimum atomic E-state index is -0.261. The van der Waals surface area contributed by atoms with Gasteiger partial charge in [0.25, 0.3) is 0 Å². The first-order chi connectivity index (χ1) is 12.1. The summed E-state index contributed by atoms with van der Waals surface area (Å²) in [5, 5.41) is 2.75. The number of nitrogens with one attached hydrogen (secondary N) is 1. The van der Waals surface area contributed by atoms with Crippen LogP contribution in [0, 0.1) is 5.82 Å². The Labute approximate surface area is 147 Å². The van der Waals surface area contributed by atoms with Crippen LogP contribution in [0.5, 0.6) is 0 Å². The standard InChI is InChI=1S/C21H22FNO2/c22-19-7-2-1-4-16(19)12-13-23-21(25)11-10-20(24)18-9-8-15-5-3-6-17(15)14-18/h1-2,4,7-9,14H,3,5-6,10-13H2,(H,23,25). The largest absolute Gasteiger partial charge is 0.356 e. The van der Waals surface area contributed by atoms with Gasteiger partial charge in [-0.05, 0) is 54.5 Å². The second-order valence-electron chi connectivity index (χ2n) is 6.45. The molecule has 0 bridgehead atoms. The highest BCUT2D eigenvalue weighted by Crippen LogP contribution is 2.23. The van der Waals surface area contributed by atoms with Crippen molar-refractivity contribution in [2.75, 3.05) is 6.54 Å². The van der Waals surface area contributed by atoms with E-state index in [0.717, 1.165) is 19.3 Å². The third-order valence-corrected chi connectivity index (χ3v) is 4.67. The van der Waals surface area contributed by atoms with Gasteiger partial charge < -0.3 is 5.32 Å². The van der Waals surface area contributed by atoms with E-state index in [4.69, 9.17) is 0 Å². The van der Waals surface area contributed by atoms with Gasteiger partial charge in [-0.1, -0.05) is 30.3 Å². The number of halogens is 1. The average molecular weight is 339 g/mol. The lowest BCUT2D eigenvalue weighted by Gasteiger charge is -2.07. The molecule has 0 heterocycles. The maximum atomic E-state index is 13.5. The highest BCUT2D eigenvalue weighted by molar-refractivity contribution is 5.98. The fraction of sp³-hybridized carbons (Fsp3) is 0.333. The van der Waals surface area contributed by atoms with Gasteiger partial charge in [-0.15, -0.1) is 0 Å². The molecule has 0 aromatic heterocycles. The first kappa shape index (κ1) is 17.3. The molecule has 4 heteroatoms. The number of carbonyl (C=O) groups is 2. The van der Waals surface area contributed by atoms with Crippen LogP contribution in [0.2, 0.25) is 0 Å². The smallest absolute Gasteiger partial charge is 0.220 e. The highest BCUT2D eigenvalue weighted by atomic mass is 19.1. The highest BCUT2D eigenvalue weighted by Gasteiger charge is 2.14. The summed E-state index contributed by atoms with van der Waals surface area (Å²) in [6, 6.07) is 12.4. The molecule has 0 radical (unpaired) electrons. The summed E-state index contributed by atoms with van der Waals surface area (Å²) >= 11 is 0. The van der Waals surface area contributed by atoms with Crippen LogP contribution in [0.25, 0.3) is 0 Å². The number of rotatable bonds is 7. The minimum absolute atomic E-state index is 0.000969. The Kier molecular flexibility index (Phi) is 5.59. The summed E-state index contributed by atoms with van der Waals surface area (Å²) in [6.07, 6.45) is 4.08. The molecule has 0 saturated carbocycles. The average Bonchev–Trinajstić information content (AvgIpc) is 3.09. The third kappa shape index (κ3) is 4.53. The maximum absolute atomic E-state index is 13.5. The quantitative estimate of drug-likeness (QED) is 0.783. The van der Waals surface area contributed by atoms with Gasteiger partial charge in [0.15, 0.2) is 5.78 Å². The van der Waals surface area contributed by atoms with Crippen LogP contribution in [0.1, 0.15) is 46.3 Å². The first-order valence-electron chi connectivity index (χ1n) is 8.78. The SMILES string of the molecule is O=C(CCC(=O)c1ccc2c(c1)CCC2)NCCc1ccccc1F. The molecule has 0 fully saturated rings. The molecule has 2 aromatic rings. The second-order valence-corrected chi connectivity index (χ2v) is 6.45. The number of aryl methyl sites for hydroxylation is 2. The van der Waals surface area contributed by atoms with E-state index in [0.29, 0.717) is 24.1 Å². The normalized spacial score (nSPS) is 12.7. The molecule has 1 N–H and O–H groups in total. The summed E-state index contributed by atoms with van der Waals surface area (Å²) in [5.74, 6) is -0.437. The monoisotopic (exact) mass is 339 g/mol. The molecular formula is C21H22FNO2. The van der Waals surface area contributed by atoms with Crippen LogP contribution in [0.15, 0.2) is 42.5 Å². The summed E-state index contributed by atoms with van der Waals surface area (Å²) < 4.78 is 13.5. The van der Waals surface area contributed by atoms with E-state index in [1.54, 1.807) is 18.2 Å². The Morgan fingerprint density at radius 3 is 2.64 bits per heavy atom. The van der Waals surface area contributed by atoms with Gasteiger partial charge in [0.2, 0.25) is 5.91 Å². The number of carbonyl (C=O) groups excluding carboxylic acids is 2. The van der Waals surface area contributed by atoms with E-state index >= 15 is 0 Å². The Morgan fingerprint density at radius 2 is 1.80 bits per heavy atom. The zero-order chi connectivity index (χ0) is 17.6. The molecular weight excluding hydrogens is 317 g/mol. The number of fused-ring (bicyclic) bond motifs is 1. The molecule has 3 rings (SSSR count). The minimum Gasteiger partial charge on any atom is -0.356 e. The van der Waals surface area contributed by atoms with E-state index in [1.807, 2.05) is 18.2 Å². The molecule has 0 saturated heterocycles. The Hall–Kier alpha value is -2.49. The molecule has 0 unspecified atom stereocenters. The summed E-state index contributed by atoms with van der Waals surface area (Å²) in [5.41, 5.74) is 3.87. The molecule has 1 amide bonds. The molecule has 0 aliphatic heterocycles. The Balaban J connectivity index is 1.43. The van der Waals surface area contributed by atoms with Crippen molar-refractivity contribution in [1.82, 2.24) is 5.32 Å². The number of ketones is 1. The fourth-order valence-electron chi connectivity index (χ4n) is 3.24. The molecule has 130 valence electrons. The molecule has 1 aliphatic carbocycles. The van der Waals surface area contributed by atoms with Gasteiger partial charge in [-0.25, -0.2) is 4.39 Å². The zero-order valence-corrected chi connectivity index (χ0v) is 14.2. The van der Waals surface area contributed by atoms with Crippen LogP contribution in [-0.2, 0) is 24.1 Å². The van der Waals surface area contributed by atoms with Crippen molar-refractivity contribution >= 4 is 11.7 Å². The topological polar surface area (TPSA) is 46.2 Å². The van der Waals surface area contributed by atoms with Crippen LogP contribution in [-0.4, -0.2) is 18.2 Å². The van der Waals surface area contributed by atoms with Crippen molar-refractivity contribution in [3.05, 3.63) is 70.5 Å². The van der Waals surface area contributed by atoms with Gasteiger partial charge >= 0.3 is 0 Å². The van der Waals surface area contributed by atoms with E-state index < -0.39 is 0 Å². The van der Waals surface area contributed by atoms with Crippen LogP contribution in [0.3, 0.4) is 0 Å². The van der Waals surface area contributed by atoms with Crippen molar-refractivity contribution in [2.45, 2.75) is 38.5 Å². The molecule has 2 aromatic carbocycles. The molecule has 0 atom stereocenters. The van der Waals surface area contributed by atoms with E-state index in [2.05, 4.69) is 5.32 Å². The van der Waals surface area contributed by atoms with Gasteiger partial charge in [0.1, 0.15) is 5.82 Å². The fourth-order valence-corrected chi connectivity index (χ4v) is 3.24. The summed E-state index contributed by atoms with van der Waals surface area (Å²) in [4.78, 5) is 24.1. The van der Waals surface area contributed by atoms with Gasteiger partial charge in [-0.2, -0.15) is 0 Å². The summed E-state index contributed by atoms with van der Waals surface area (Å²) in [6.45, 7) is 0.368. The van der Waals surface area contributed by atoms with Gasteiger partial charge in [0, 0.05) is 24.9 Å². The third-order valence-electron chi connectivity index (χ3n) is 4.67. The maximum Gasteiger partial charge on any atom is 0.220 e. The predicted molar refractivity (Wildman–Crippen MR) is 95.1 cm³/mol. The molecule has 3 nitrogen and oxygen atoms in total. The first-order valence-corrected chi connectivity index (χ1v) is 8.78. The lowest BCUT2D eigenvalue weighted by atomic mass is 10.0. The number of amides is 1. The number of hydrogen-bond donors (Lipinski definition) is 1. The molecule has 0 spiro atoms. The lowest BCUT2D eigenvalue weighted by molar-refractivity contribution is -0.121. The van der Waals surface area contributed by atoms with Gasteiger partial charge in [0.05, 0.1) is 0 Å². The zero-order valence-electron chi connectivity index (χ0n) is 14.2. The van der Waals surface area contributed by atoms with Crippen molar-refractivity contribution < 1.29 is 14.0 Å². The van der Waals surface area contributed by atoms with E-state index in [1.165, 1.54) is 17.2 Å². The Morgan fingerprint density at radius 1 is 1.00 bits per heavy atom. The molecule has 1 aliphatic rings. The number of benzene rings is 2. The van der Waals surface area contributed by atoms with Crippen molar-refractivity contribution in [3.8, 4) is 0 Å².